The van der Waals surface area contributed by atoms with E-state index in [4.69, 9.17) is 5.11 Å². The van der Waals surface area contributed by atoms with Crippen molar-refractivity contribution in [3.8, 4) is 0 Å². The van der Waals surface area contributed by atoms with Crippen molar-refractivity contribution in [2.75, 3.05) is 12.9 Å². The molecule has 0 heterocycles. The highest BCUT2D eigenvalue weighted by Crippen LogP contribution is 2.24. The van der Waals surface area contributed by atoms with Crippen molar-refractivity contribution in [1.82, 2.24) is 5.43 Å². The van der Waals surface area contributed by atoms with Crippen LogP contribution in [0.15, 0.2) is 5.10 Å². The largest absolute Gasteiger partial charge is 0.469 e. The number of ether oxygens (including phenoxy) is 1. The normalized spacial score (nSPS) is 12.1. The molecular formula is C11H20N2O4S. The molecule has 0 rings (SSSR count). The third-order valence-corrected chi connectivity index (χ3v) is 2.74. The molecule has 0 aliphatic heterocycles. The first kappa shape index (κ1) is 16.8. The van der Waals surface area contributed by atoms with E-state index in [1.165, 1.54) is 18.9 Å². The second-order valence-electron chi connectivity index (χ2n) is 4.83. The summed E-state index contributed by atoms with van der Waals surface area (Å²) in [7, 11) is 1.34. The summed E-state index contributed by atoms with van der Waals surface area (Å²) in [5, 5.41) is 13.0. The second-order valence-corrected chi connectivity index (χ2v) is 6.00. The lowest BCUT2D eigenvalue weighted by molar-refractivity contribution is -0.140. The van der Waals surface area contributed by atoms with Crippen LogP contribution < -0.4 is 5.43 Å². The van der Waals surface area contributed by atoms with E-state index < -0.39 is 6.09 Å². The minimum absolute atomic E-state index is 0.00270. The van der Waals surface area contributed by atoms with Gasteiger partial charge in [0.1, 0.15) is 0 Å². The number of carboxylic acid groups (broad SMARTS) is 1. The van der Waals surface area contributed by atoms with Crippen molar-refractivity contribution in [3.05, 3.63) is 0 Å². The molecule has 18 heavy (non-hydrogen) atoms. The van der Waals surface area contributed by atoms with Gasteiger partial charge in [0.05, 0.1) is 18.6 Å². The van der Waals surface area contributed by atoms with E-state index in [-0.39, 0.29) is 17.8 Å². The van der Waals surface area contributed by atoms with Crippen molar-refractivity contribution >= 4 is 28.9 Å². The predicted molar refractivity (Wildman–Crippen MR) is 71.8 cm³/mol. The SMILES string of the molecule is COC(=O)CCS/C(CC(C)(C)C)=N/NC(=O)O. The molecule has 0 aromatic heterocycles. The monoisotopic (exact) mass is 276 g/mol. The van der Waals surface area contributed by atoms with Crippen LogP contribution in [0.4, 0.5) is 4.79 Å². The van der Waals surface area contributed by atoms with E-state index in [9.17, 15) is 9.59 Å². The van der Waals surface area contributed by atoms with Crippen LogP contribution in [0.3, 0.4) is 0 Å². The van der Waals surface area contributed by atoms with Gasteiger partial charge in [-0.25, -0.2) is 10.2 Å². The van der Waals surface area contributed by atoms with E-state index >= 15 is 0 Å². The number of rotatable bonds is 5. The Morgan fingerprint density at radius 2 is 2.00 bits per heavy atom. The number of nitrogens with one attached hydrogen (secondary N) is 1. The highest BCUT2D eigenvalue weighted by Gasteiger charge is 2.16. The summed E-state index contributed by atoms with van der Waals surface area (Å²) >= 11 is 1.36. The van der Waals surface area contributed by atoms with Gasteiger partial charge >= 0.3 is 12.1 Å². The van der Waals surface area contributed by atoms with Gasteiger partial charge in [0.15, 0.2) is 0 Å². The molecule has 0 aliphatic rings. The summed E-state index contributed by atoms with van der Waals surface area (Å²) < 4.78 is 4.53. The number of amides is 1. The van der Waals surface area contributed by atoms with E-state index in [0.29, 0.717) is 17.2 Å². The molecular weight excluding hydrogens is 256 g/mol. The first-order valence-corrected chi connectivity index (χ1v) is 6.48. The van der Waals surface area contributed by atoms with Gasteiger partial charge in [-0.3, -0.25) is 4.79 Å². The third kappa shape index (κ3) is 9.95. The number of carbonyl (C=O) groups excluding carboxylic acids is 1. The number of hydrogen-bond acceptors (Lipinski definition) is 5. The fourth-order valence-corrected chi connectivity index (χ4v) is 2.19. The van der Waals surface area contributed by atoms with Gasteiger partial charge < -0.3 is 9.84 Å². The molecule has 104 valence electrons. The Labute approximate surface area is 111 Å². The molecule has 0 aliphatic carbocycles. The second kappa shape index (κ2) is 7.97. The Hall–Kier alpha value is -1.24. The number of esters is 1. The van der Waals surface area contributed by atoms with Crippen LogP contribution in [0.2, 0.25) is 0 Å². The van der Waals surface area contributed by atoms with Crippen molar-refractivity contribution in [2.24, 2.45) is 10.5 Å². The minimum atomic E-state index is -1.20. The number of hydrogen-bond donors (Lipinski definition) is 2. The summed E-state index contributed by atoms with van der Waals surface area (Å²) in [6.07, 6.45) is -0.286. The molecule has 0 saturated carbocycles. The summed E-state index contributed by atoms with van der Waals surface area (Å²) in [5.74, 6) is 0.229. The van der Waals surface area contributed by atoms with Gasteiger partial charge in [0.25, 0.3) is 0 Å². The zero-order chi connectivity index (χ0) is 14.2. The molecule has 0 unspecified atom stereocenters. The summed E-state index contributed by atoms with van der Waals surface area (Å²) in [6, 6.07) is 0. The van der Waals surface area contributed by atoms with Gasteiger partial charge in [-0.1, -0.05) is 20.8 Å². The van der Waals surface area contributed by atoms with E-state index in [2.05, 4.69) is 9.84 Å². The fraction of sp³-hybridized carbons (Fsp3) is 0.727. The van der Waals surface area contributed by atoms with Crippen molar-refractivity contribution < 1.29 is 19.4 Å². The molecule has 0 spiro atoms. The number of methoxy groups -OCH3 is 1. The molecule has 0 atom stereocenters. The fourth-order valence-electron chi connectivity index (χ4n) is 1.04. The Morgan fingerprint density at radius 3 is 2.44 bits per heavy atom. The van der Waals surface area contributed by atoms with Crippen molar-refractivity contribution in [1.29, 1.82) is 0 Å². The van der Waals surface area contributed by atoms with E-state index in [1.807, 2.05) is 26.2 Å². The quantitative estimate of drug-likeness (QED) is 0.348. The topological polar surface area (TPSA) is 88.0 Å². The van der Waals surface area contributed by atoms with Crippen LogP contribution in [0.1, 0.15) is 33.6 Å². The molecule has 6 nitrogen and oxygen atoms in total. The number of nitrogens with zero attached hydrogens (tertiary/aromatic N) is 1. The zero-order valence-corrected chi connectivity index (χ0v) is 12.0. The highest BCUT2D eigenvalue weighted by atomic mass is 32.2. The van der Waals surface area contributed by atoms with Gasteiger partial charge in [-0.15, -0.1) is 11.8 Å². The Bertz CT molecular complexity index is 323. The first-order chi connectivity index (χ1) is 8.24. The molecule has 0 bridgehead atoms. The summed E-state index contributed by atoms with van der Waals surface area (Å²) in [6.45, 7) is 6.10. The molecule has 0 fully saturated rings. The highest BCUT2D eigenvalue weighted by molar-refractivity contribution is 8.13. The maximum atomic E-state index is 11.0. The smallest absolute Gasteiger partial charge is 0.425 e. The predicted octanol–water partition coefficient (Wildman–Crippen LogP) is 2.30. The van der Waals surface area contributed by atoms with E-state index in [1.54, 1.807) is 0 Å². The summed E-state index contributed by atoms with van der Waals surface area (Å²) in [5.41, 5.74) is 1.99. The molecule has 7 heteroatoms. The number of thioether (sulfide) groups is 1. The van der Waals surface area contributed by atoms with Crippen LogP contribution in [0.5, 0.6) is 0 Å². The third-order valence-electron chi connectivity index (χ3n) is 1.76. The molecule has 2 N–H and O–H groups in total. The Balaban J connectivity index is 4.34. The lowest BCUT2D eigenvalue weighted by atomic mass is 9.93. The van der Waals surface area contributed by atoms with Crippen LogP contribution in [-0.2, 0) is 9.53 Å². The lowest BCUT2D eigenvalue weighted by Gasteiger charge is -2.18. The van der Waals surface area contributed by atoms with Crippen LogP contribution in [0, 0.1) is 5.41 Å². The zero-order valence-electron chi connectivity index (χ0n) is 11.1. The van der Waals surface area contributed by atoms with Crippen molar-refractivity contribution in [2.45, 2.75) is 33.6 Å². The number of hydrazone groups is 1. The summed E-state index contributed by atoms with van der Waals surface area (Å²) in [4.78, 5) is 21.4. The lowest BCUT2D eigenvalue weighted by Crippen LogP contribution is -2.19. The molecule has 1 amide bonds. The van der Waals surface area contributed by atoms with Crippen LogP contribution in [-0.4, -0.2) is 35.1 Å². The van der Waals surface area contributed by atoms with E-state index in [0.717, 1.165) is 0 Å². The minimum Gasteiger partial charge on any atom is -0.469 e. The average Bonchev–Trinajstić information content (AvgIpc) is 2.23. The van der Waals surface area contributed by atoms with Gasteiger partial charge in [-0.2, -0.15) is 5.10 Å². The van der Waals surface area contributed by atoms with Gasteiger partial charge in [0.2, 0.25) is 0 Å². The molecule has 0 saturated heterocycles. The molecule has 0 radical (unpaired) electrons. The van der Waals surface area contributed by atoms with Crippen LogP contribution >= 0.6 is 11.8 Å². The van der Waals surface area contributed by atoms with Gasteiger partial charge in [0, 0.05) is 12.2 Å². The number of carbonyl (C=O) groups is 2. The molecule has 0 aromatic carbocycles. The van der Waals surface area contributed by atoms with Gasteiger partial charge in [-0.05, 0) is 5.41 Å². The maximum absolute atomic E-state index is 11.0. The Kier molecular flexibility index (Phi) is 7.42. The standard InChI is InChI=1S/C11H20N2O4S/c1-11(2,3)7-8(12-13-10(15)16)18-6-5-9(14)17-4/h13H,5-7H2,1-4H3,(H,15,16)/b12-8+. The maximum Gasteiger partial charge on any atom is 0.425 e. The average molecular weight is 276 g/mol. The van der Waals surface area contributed by atoms with Crippen LogP contribution in [0.25, 0.3) is 0 Å². The Morgan fingerprint density at radius 1 is 1.39 bits per heavy atom. The molecule has 0 aromatic rings. The first-order valence-electron chi connectivity index (χ1n) is 5.49. The van der Waals surface area contributed by atoms with Crippen molar-refractivity contribution in [3.63, 3.8) is 0 Å².